The quantitative estimate of drug-likeness (QED) is 0.523. The molecule has 0 spiro atoms. The van der Waals surface area contributed by atoms with Crippen LogP contribution in [0.3, 0.4) is 0 Å². The topological polar surface area (TPSA) is 3.24 Å². The zero-order valence-corrected chi connectivity index (χ0v) is 10.5. The van der Waals surface area contributed by atoms with Gasteiger partial charge >= 0.3 is 0 Å². The third-order valence-corrected chi connectivity index (χ3v) is 6.44. The molecule has 2 heteroatoms. The van der Waals surface area contributed by atoms with Gasteiger partial charge in [0.1, 0.15) is 0 Å². The largest absolute Gasteiger partial charge is 0.306 e. The maximum atomic E-state index is 3.94. The van der Waals surface area contributed by atoms with Gasteiger partial charge in [-0.05, 0) is 37.1 Å². The maximum absolute atomic E-state index is 3.94. The van der Waals surface area contributed by atoms with Crippen LogP contribution < -0.4 is 0 Å². The van der Waals surface area contributed by atoms with E-state index in [1.54, 1.807) is 0 Å². The van der Waals surface area contributed by atoms with Crippen LogP contribution in [0, 0.1) is 23.7 Å². The van der Waals surface area contributed by atoms with E-state index in [1.807, 2.05) is 0 Å². The summed E-state index contributed by atoms with van der Waals surface area (Å²) in [5.74, 6) is 3.81. The van der Waals surface area contributed by atoms with Gasteiger partial charge in [0.2, 0.25) is 0 Å². The minimum atomic E-state index is 0.934. The Bertz CT molecular complexity index is 278. The lowest BCUT2D eigenvalue weighted by molar-refractivity contribution is 0.177. The predicted molar refractivity (Wildman–Crippen MR) is 67.1 cm³/mol. The molecule has 2 heterocycles. The first-order valence-electron chi connectivity index (χ1n) is 6.17. The number of allylic oxidation sites excluding steroid dienone is 1. The molecular formula is C13H21NS. The Morgan fingerprint density at radius 2 is 2.07 bits per heavy atom. The minimum absolute atomic E-state index is 0.934. The number of likely N-dealkylation sites (tertiary alicyclic amines) is 1. The number of rotatable bonds is 2. The molecule has 0 N–H and O–H groups in total. The zero-order chi connectivity index (χ0) is 10.6. The number of thioether (sulfide) groups is 1. The molecule has 0 radical (unpaired) electrons. The summed E-state index contributed by atoms with van der Waals surface area (Å²) >= 11 is 2.25. The monoisotopic (exact) mass is 223 g/mol. The molecular weight excluding hydrogens is 202 g/mol. The fourth-order valence-electron chi connectivity index (χ4n) is 3.97. The van der Waals surface area contributed by atoms with Crippen molar-refractivity contribution >= 4 is 11.8 Å². The third-order valence-electron chi connectivity index (χ3n) is 4.76. The average Bonchev–Trinajstić information content (AvgIpc) is 2.90. The summed E-state index contributed by atoms with van der Waals surface area (Å²) in [7, 11) is 2.29. The standard InChI is InChI=1S/C13H21NS/c1-4-5-9-11-7-14(3)6-10(11)8(2)12-13(9)15-12/h4,8-13H,1,5-7H2,2-3H3. The average molecular weight is 223 g/mol. The van der Waals surface area contributed by atoms with Crippen molar-refractivity contribution in [2.24, 2.45) is 23.7 Å². The molecule has 0 aromatic rings. The summed E-state index contributed by atoms with van der Waals surface area (Å²) in [6.45, 7) is 9.09. The van der Waals surface area contributed by atoms with E-state index in [4.69, 9.17) is 0 Å². The first-order valence-corrected chi connectivity index (χ1v) is 7.11. The Morgan fingerprint density at radius 1 is 1.33 bits per heavy atom. The van der Waals surface area contributed by atoms with Gasteiger partial charge in [-0.1, -0.05) is 13.0 Å². The number of nitrogens with zero attached hydrogens (tertiary/aromatic N) is 1. The van der Waals surface area contributed by atoms with E-state index in [0.717, 1.165) is 34.2 Å². The van der Waals surface area contributed by atoms with Crippen molar-refractivity contribution in [1.82, 2.24) is 4.90 Å². The Labute approximate surface area is 97.3 Å². The minimum Gasteiger partial charge on any atom is -0.306 e. The maximum Gasteiger partial charge on any atom is 0.0207 e. The molecule has 1 aliphatic carbocycles. The van der Waals surface area contributed by atoms with E-state index in [2.05, 4.69) is 43.3 Å². The zero-order valence-electron chi connectivity index (χ0n) is 9.73. The van der Waals surface area contributed by atoms with Crippen LogP contribution in [0.25, 0.3) is 0 Å². The third kappa shape index (κ3) is 1.49. The summed E-state index contributed by atoms with van der Waals surface area (Å²) in [5.41, 5.74) is 0. The molecule has 0 aromatic heterocycles. The fourth-order valence-corrected chi connectivity index (χ4v) is 5.65. The fraction of sp³-hybridized carbons (Fsp3) is 0.846. The van der Waals surface area contributed by atoms with Crippen molar-refractivity contribution in [3.63, 3.8) is 0 Å². The summed E-state index contributed by atoms with van der Waals surface area (Å²) < 4.78 is 0. The van der Waals surface area contributed by atoms with Crippen molar-refractivity contribution < 1.29 is 0 Å². The van der Waals surface area contributed by atoms with Crippen LogP contribution in [0.5, 0.6) is 0 Å². The number of hydrogen-bond donors (Lipinski definition) is 0. The van der Waals surface area contributed by atoms with E-state index < -0.39 is 0 Å². The normalized spacial score (nSPS) is 53.5. The van der Waals surface area contributed by atoms with Crippen LogP contribution in [-0.2, 0) is 0 Å². The molecule has 0 amide bonds. The van der Waals surface area contributed by atoms with Crippen LogP contribution in [-0.4, -0.2) is 35.5 Å². The smallest absolute Gasteiger partial charge is 0.0207 e. The lowest BCUT2D eigenvalue weighted by atomic mass is 9.68. The molecule has 84 valence electrons. The Morgan fingerprint density at radius 3 is 2.80 bits per heavy atom. The molecule has 3 aliphatic rings. The lowest BCUT2D eigenvalue weighted by Gasteiger charge is -2.35. The lowest BCUT2D eigenvalue weighted by Crippen LogP contribution is -2.38. The second-order valence-electron chi connectivity index (χ2n) is 5.66. The van der Waals surface area contributed by atoms with Gasteiger partial charge in [-0.25, -0.2) is 0 Å². The van der Waals surface area contributed by atoms with Crippen LogP contribution in [0.15, 0.2) is 12.7 Å². The second-order valence-corrected chi connectivity index (χ2v) is 7.02. The molecule has 0 aromatic carbocycles. The molecule has 0 bridgehead atoms. The van der Waals surface area contributed by atoms with Crippen LogP contribution in [0.4, 0.5) is 0 Å². The highest BCUT2D eigenvalue weighted by atomic mass is 32.2. The van der Waals surface area contributed by atoms with Gasteiger partial charge in [0.15, 0.2) is 0 Å². The molecule has 2 aliphatic heterocycles. The first-order chi connectivity index (χ1) is 7.22. The Kier molecular flexibility index (Phi) is 2.40. The van der Waals surface area contributed by atoms with Gasteiger partial charge in [-0.2, -0.15) is 11.8 Å². The van der Waals surface area contributed by atoms with Gasteiger partial charge in [-0.15, -0.1) is 6.58 Å². The first kappa shape index (κ1) is 10.2. The van der Waals surface area contributed by atoms with Crippen molar-refractivity contribution in [3.8, 4) is 0 Å². The molecule has 3 rings (SSSR count). The van der Waals surface area contributed by atoms with E-state index in [9.17, 15) is 0 Å². The van der Waals surface area contributed by atoms with Crippen molar-refractivity contribution in [1.29, 1.82) is 0 Å². The van der Waals surface area contributed by atoms with Gasteiger partial charge in [-0.3, -0.25) is 0 Å². The van der Waals surface area contributed by atoms with Gasteiger partial charge in [0, 0.05) is 23.6 Å². The summed E-state index contributed by atoms with van der Waals surface area (Å²) in [6, 6.07) is 0. The van der Waals surface area contributed by atoms with Crippen LogP contribution in [0.1, 0.15) is 13.3 Å². The Hall–Kier alpha value is 0.0500. The van der Waals surface area contributed by atoms with E-state index in [0.29, 0.717) is 0 Å². The van der Waals surface area contributed by atoms with Gasteiger partial charge in [0.05, 0.1) is 0 Å². The Balaban J connectivity index is 1.82. The SMILES string of the molecule is C=CCC1C2CN(C)CC2C(C)C2SC12. The van der Waals surface area contributed by atoms with Crippen LogP contribution in [0.2, 0.25) is 0 Å². The number of hydrogen-bond acceptors (Lipinski definition) is 2. The van der Waals surface area contributed by atoms with Crippen molar-refractivity contribution in [2.45, 2.75) is 23.8 Å². The van der Waals surface area contributed by atoms with Crippen LogP contribution >= 0.6 is 11.8 Å². The second kappa shape index (κ2) is 3.53. The highest BCUT2D eigenvalue weighted by Gasteiger charge is 2.58. The highest BCUT2D eigenvalue weighted by molar-refractivity contribution is 8.07. The molecule has 6 atom stereocenters. The highest BCUT2D eigenvalue weighted by Crippen LogP contribution is 2.62. The molecule has 15 heavy (non-hydrogen) atoms. The van der Waals surface area contributed by atoms with E-state index in [-0.39, 0.29) is 0 Å². The van der Waals surface area contributed by atoms with Crippen molar-refractivity contribution in [2.75, 3.05) is 20.1 Å². The van der Waals surface area contributed by atoms with E-state index >= 15 is 0 Å². The van der Waals surface area contributed by atoms with E-state index in [1.165, 1.54) is 19.5 Å². The summed E-state index contributed by atoms with van der Waals surface area (Å²) in [5, 5.41) is 1.97. The van der Waals surface area contributed by atoms with Gasteiger partial charge < -0.3 is 4.90 Å². The summed E-state index contributed by atoms with van der Waals surface area (Å²) in [4.78, 5) is 2.54. The molecule has 6 unspecified atom stereocenters. The summed E-state index contributed by atoms with van der Waals surface area (Å²) in [6.07, 6.45) is 3.39. The predicted octanol–water partition coefficient (Wildman–Crippen LogP) is 2.49. The molecule has 3 fully saturated rings. The number of fused-ring (bicyclic) bond motifs is 2. The molecule has 1 nitrogen and oxygen atoms in total. The molecule has 2 saturated heterocycles. The van der Waals surface area contributed by atoms with Gasteiger partial charge in [0.25, 0.3) is 0 Å². The molecule has 1 saturated carbocycles. The van der Waals surface area contributed by atoms with Crippen molar-refractivity contribution in [3.05, 3.63) is 12.7 Å².